The van der Waals surface area contributed by atoms with Crippen molar-refractivity contribution >= 4 is 18.0 Å². The summed E-state index contributed by atoms with van der Waals surface area (Å²) in [5.41, 5.74) is 0. The summed E-state index contributed by atoms with van der Waals surface area (Å²) in [7, 11) is 1.17. The number of hydrogen-bond acceptors (Lipinski definition) is 4. The summed E-state index contributed by atoms with van der Waals surface area (Å²) in [4.78, 5) is 33.5. The van der Waals surface area contributed by atoms with E-state index in [0.29, 0.717) is 6.54 Å². The molecule has 0 aliphatic carbocycles. The van der Waals surface area contributed by atoms with E-state index < -0.39 is 30.4 Å². The zero-order chi connectivity index (χ0) is 16.1. The van der Waals surface area contributed by atoms with Crippen LogP contribution >= 0.6 is 0 Å². The van der Waals surface area contributed by atoms with Crippen molar-refractivity contribution in [3.05, 3.63) is 0 Å². The van der Waals surface area contributed by atoms with E-state index in [2.05, 4.69) is 22.3 Å². The third kappa shape index (κ3) is 10.6. The van der Waals surface area contributed by atoms with E-state index >= 15 is 0 Å². The lowest BCUT2D eigenvalue weighted by molar-refractivity contribution is -0.147. The highest BCUT2D eigenvalue weighted by atomic mass is 16.5. The summed E-state index contributed by atoms with van der Waals surface area (Å²) in [6.45, 7) is 2.64. The summed E-state index contributed by atoms with van der Waals surface area (Å²) < 4.78 is 4.38. The average Bonchev–Trinajstić information content (AvgIpc) is 2.45. The Labute approximate surface area is 125 Å². The number of carboxylic acid groups (broad SMARTS) is 1. The van der Waals surface area contributed by atoms with Crippen molar-refractivity contribution in [3.63, 3.8) is 0 Å². The van der Waals surface area contributed by atoms with Crippen LogP contribution in [0.25, 0.3) is 0 Å². The van der Waals surface area contributed by atoms with E-state index in [1.807, 2.05) is 0 Å². The first-order valence-electron chi connectivity index (χ1n) is 7.35. The number of rotatable bonds is 11. The van der Waals surface area contributed by atoms with E-state index in [9.17, 15) is 14.4 Å². The van der Waals surface area contributed by atoms with Crippen LogP contribution in [-0.2, 0) is 14.3 Å². The second-order valence-corrected chi connectivity index (χ2v) is 4.84. The number of unbranched alkanes of at least 4 members (excludes halogenated alkanes) is 5. The lowest BCUT2D eigenvalue weighted by atomic mass is 10.1. The van der Waals surface area contributed by atoms with Gasteiger partial charge in [0.05, 0.1) is 13.5 Å². The predicted octanol–water partition coefficient (Wildman–Crippen LogP) is 1.66. The maximum Gasteiger partial charge on any atom is 0.326 e. The first-order valence-corrected chi connectivity index (χ1v) is 7.35. The zero-order valence-electron chi connectivity index (χ0n) is 12.8. The van der Waals surface area contributed by atoms with Crippen LogP contribution in [0, 0.1) is 0 Å². The maximum absolute atomic E-state index is 11.5. The smallest absolute Gasteiger partial charge is 0.326 e. The number of aliphatic carboxylic acids is 1. The molecule has 0 saturated heterocycles. The molecule has 0 bridgehead atoms. The lowest BCUT2D eigenvalue weighted by Gasteiger charge is -2.14. The van der Waals surface area contributed by atoms with Gasteiger partial charge in [-0.1, -0.05) is 39.0 Å². The molecule has 3 N–H and O–H groups in total. The van der Waals surface area contributed by atoms with E-state index in [4.69, 9.17) is 5.11 Å². The summed E-state index contributed by atoms with van der Waals surface area (Å²) in [6, 6.07) is -1.86. The molecule has 0 saturated carbocycles. The minimum absolute atomic E-state index is 0.393. The van der Waals surface area contributed by atoms with Gasteiger partial charge in [-0.25, -0.2) is 9.59 Å². The lowest BCUT2D eigenvalue weighted by Crippen LogP contribution is -2.47. The summed E-state index contributed by atoms with van der Waals surface area (Å²) in [6.07, 6.45) is 6.24. The number of carbonyl (C=O) groups excluding carboxylic acids is 2. The molecule has 7 heteroatoms. The third-order valence-corrected chi connectivity index (χ3v) is 3.02. The van der Waals surface area contributed by atoms with E-state index in [1.54, 1.807) is 0 Å². The minimum Gasteiger partial charge on any atom is -0.480 e. The molecule has 2 amide bonds. The zero-order valence-corrected chi connectivity index (χ0v) is 12.8. The van der Waals surface area contributed by atoms with Crippen molar-refractivity contribution in [2.24, 2.45) is 0 Å². The molecule has 0 fully saturated rings. The minimum atomic E-state index is -1.28. The fourth-order valence-electron chi connectivity index (χ4n) is 1.77. The number of urea groups is 1. The summed E-state index contributed by atoms with van der Waals surface area (Å²) in [5, 5.41) is 13.7. The van der Waals surface area contributed by atoms with Gasteiger partial charge < -0.3 is 20.5 Å². The van der Waals surface area contributed by atoms with E-state index in [-0.39, 0.29) is 0 Å². The van der Waals surface area contributed by atoms with Crippen LogP contribution in [0.5, 0.6) is 0 Å². The highest BCUT2D eigenvalue weighted by molar-refractivity contribution is 5.86. The fraction of sp³-hybridized carbons (Fsp3) is 0.786. The quantitative estimate of drug-likeness (QED) is 0.398. The van der Waals surface area contributed by atoms with Gasteiger partial charge in [-0.15, -0.1) is 0 Å². The van der Waals surface area contributed by atoms with Gasteiger partial charge in [-0.05, 0) is 6.42 Å². The van der Waals surface area contributed by atoms with Crippen molar-refractivity contribution in [1.29, 1.82) is 0 Å². The number of amides is 2. The molecule has 122 valence electrons. The van der Waals surface area contributed by atoms with Gasteiger partial charge >= 0.3 is 18.0 Å². The average molecular weight is 302 g/mol. The Balaban J connectivity index is 3.83. The van der Waals surface area contributed by atoms with Gasteiger partial charge in [0.25, 0.3) is 0 Å². The molecule has 7 nitrogen and oxygen atoms in total. The van der Waals surface area contributed by atoms with Crippen LogP contribution in [-0.4, -0.2) is 42.8 Å². The first-order chi connectivity index (χ1) is 10.0. The summed E-state index contributed by atoms with van der Waals surface area (Å²) in [5.74, 6) is -1.95. The Morgan fingerprint density at radius 2 is 1.71 bits per heavy atom. The van der Waals surface area contributed by atoms with Crippen LogP contribution in [0.1, 0.15) is 51.9 Å². The second kappa shape index (κ2) is 12.0. The molecule has 0 unspecified atom stereocenters. The Hall–Kier alpha value is -1.79. The largest absolute Gasteiger partial charge is 0.480 e. The molecule has 0 radical (unpaired) electrons. The Bertz CT molecular complexity index is 333. The van der Waals surface area contributed by atoms with Gasteiger partial charge in [0.1, 0.15) is 6.04 Å². The number of hydrogen-bond donors (Lipinski definition) is 3. The SMILES string of the molecule is CCCCCCCCNC(=O)N[C@@H](CC(=O)OC)C(=O)O. The Morgan fingerprint density at radius 3 is 2.29 bits per heavy atom. The standard InChI is InChI=1S/C14H26N2O5/c1-3-4-5-6-7-8-9-15-14(20)16-11(13(18)19)10-12(17)21-2/h11H,3-10H2,1-2H3,(H,18,19)(H2,15,16,20)/t11-/m0/s1. The van der Waals surface area contributed by atoms with Crippen LogP contribution in [0.15, 0.2) is 0 Å². The number of carboxylic acids is 1. The van der Waals surface area contributed by atoms with Crippen LogP contribution in [0.2, 0.25) is 0 Å². The van der Waals surface area contributed by atoms with Crippen molar-refractivity contribution in [1.82, 2.24) is 10.6 Å². The molecule has 0 heterocycles. The first kappa shape index (κ1) is 19.2. The van der Waals surface area contributed by atoms with Crippen LogP contribution in [0.3, 0.4) is 0 Å². The summed E-state index contributed by atoms with van der Waals surface area (Å²) >= 11 is 0. The highest BCUT2D eigenvalue weighted by Crippen LogP contribution is 2.04. The molecule has 21 heavy (non-hydrogen) atoms. The van der Waals surface area contributed by atoms with Gasteiger partial charge in [-0.3, -0.25) is 4.79 Å². The van der Waals surface area contributed by atoms with Crippen LogP contribution in [0.4, 0.5) is 4.79 Å². The van der Waals surface area contributed by atoms with Crippen molar-refractivity contribution in [3.8, 4) is 0 Å². The number of nitrogens with one attached hydrogen (secondary N) is 2. The molecular weight excluding hydrogens is 276 g/mol. The molecule has 1 atom stereocenters. The molecule has 0 aliphatic heterocycles. The van der Waals surface area contributed by atoms with Gasteiger partial charge in [0.2, 0.25) is 0 Å². The molecule has 0 spiro atoms. The van der Waals surface area contributed by atoms with Crippen molar-refractivity contribution in [2.45, 2.75) is 57.9 Å². The molecule has 0 aromatic carbocycles. The number of ether oxygens (including phenoxy) is 1. The van der Waals surface area contributed by atoms with Gasteiger partial charge in [0.15, 0.2) is 0 Å². The van der Waals surface area contributed by atoms with E-state index in [0.717, 1.165) is 19.3 Å². The molecule has 0 aromatic rings. The van der Waals surface area contributed by atoms with Crippen molar-refractivity contribution < 1.29 is 24.2 Å². The monoisotopic (exact) mass is 302 g/mol. The van der Waals surface area contributed by atoms with Crippen molar-refractivity contribution in [2.75, 3.05) is 13.7 Å². The number of carbonyl (C=O) groups is 3. The number of esters is 1. The Kier molecular flexibility index (Phi) is 11.0. The molecular formula is C14H26N2O5. The van der Waals surface area contributed by atoms with Gasteiger partial charge in [0, 0.05) is 6.54 Å². The second-order valence-electron chi connectivity index (χ2n) is 4.84. The maximum atomic E-state index is 11.5. The molecule has 0 aliphatic rings. The molecule has 0 rings (SSSR count). The topological polar surface area (TPSA) is 105 Å². The third-order valence-electron chi connectivity index (χ3n) is 3.02. The van der Waals surface area contributed by atoms with Gasteiger partial charge in [-0.2, -0.15) is 0 Å². The fourth-order valence-corrected chi connectivity index (χ4v) is 1.77. The van der Waals surface area contributed by atoms with E-state index in [1.165, 1.54) is 26.4 Å². The number of methoxy groups -OCH3 is 1. The Morgan fingerprint density at radius 1 is 1.10 bits per heavy atom. The van der Waals surface area contributed by atoms with Crippen LogP contribution < -0.4 is 10.6 Å². The highest BCUT2D eigenvalue weighted by Gasteiger charge is 2.23. The normalized spacial score (nSPS) is 11.5. The predicted molar refractivity (Wildman–Crippen MR) is 78.0 cm³/mol. The molecule has 0 aromatic heterocycles.